The first kappa shape index (κ1) is 18.0. The average molecular weight is 352 g/mol. The zero-order valence-electron chi connectivity index (χ0n) is 15.7. The van der Waals surface area contributed by atoms with E-state index in [9.17, 15) is 14.9 Å². The van der Waals surface area contributed by atoms with E-state index in [-0.39, 0.29) is 22.8 Å². The third kappa shape index (κ3) is 3.05. The van der Waals surface area contributed by atoms with Gasteiger partial charge in [-0.3, -0.25) is 13.9 Å². The number of aromatic nitrogens is 2. The van der Waals surface area contributed by atoms with E-state index in [0.29, 0.717) is 0 Å². The third-order valence-corrected chi connectivity index (χ3v) is 5.35. The fourth-order valence-corrected chi connectivity index (χ4v) is 3.75. The molecule has 6 nitrogen and oxygen atoms in total. The molecule has 1 aliphatic rings. The number of nitrogens with one attached hydrogen (secondary N) is 1. The molecule has 0 saturated heterocycles. The Labute approximate surface area is 152 Å². The van der Waals surface area contributed by atoms with Crippen LogP contribution in [0.4, 0.5) is 5.82 Å². The minimum atomic E-state index is -0.570. The largest absolute Gasteiger partial charge is 0.363 e. The van der Waals surface area contributed by atoms with Crippen molar-refractivity contribution >= 4 is 5.82 Å². The van der Waals surface area contributed by atoms with Crippen LogP contribution in [0.5, 0.6) is 0 Å². The zero-order valence-corrected chi connectivity index (χ0v) is 15.7. The van der Waals surface area contributed by atoms with E-state index in [4.69, 9.17) is 0 Å². The molecule has 1 aliphatic carbocycles. The Hall–Kier alpha value is -2.81. The molecular weight excluding hydrogens is 328 g/mol. The molecule has 2 aromatic rings. The smallest absolute Gasteiger partial charge is 0.332 e. The molecule has 0 amide bonds. The normalized spacial score (nSPS) is 18.5. The van der Waals surface area contributed by atoms with Gasteiger partial charge in [0, 0.05) is 14.1 Å². The Kier molecular flexibility index (Phi) is 4.49. The van der Waals surface area contributed by atoms with Crippen LogP contribution in [0.15, 0.2) is 33.9 Å². The summed E-state index contributed by atoms with van der Waals surface area (Å²) in [7, 11) is 2.97. The van der Waals surface area contributed by atoms with E-state index in [1.54, 1.807) is 7.05 Å². The Morgan fingerprint density at radius 2 is 1.88 bits per heavy atom. The highest BCUT2D eigenvalue weighted by Crippen LogP contribution is 2.40. The van der Waals surface area contributed by atoms with Crippen molar-refractivity contribution in [2.24, 2.45) is 19.5 Å². The lowest BCUT2D eigenvalue weighted by Gasteiger charge is -2.29. The first-order valence-corrected chi connectivity index (χ1v) is 8.79. The number of fused-ring (bicyclic) bond motifs is 1. The number of nitrogens with zero attached hydrogens (tertiary/aromatic N) is 3. The molecule has 1 aromatic carbocycles. The summed E-state index contributed by atoms with van der Waals surface area (Å²) in [6, 6.07) is 10.1. The second-order valence-corrected chi connectivity index (χ2v) is 7.81. The number of nitriles is 1. The van der Waals surface area contributed by atoms with Gasteiger partial charge < -0.3 is 5.32 Å². The molecule has 26 heavy (non-hydrogen) atoms. The lowest BCUT2D eigenvalue weighted by atomic mass is 9.83. The molecule has 3 rings (SSSR count). The van der Waals surface area contributed by atoms with Gasteiger partial charge in [-0.15, -0.1) is 0 Å². The van der Waals surface area contributed by atoms with E-state index < -0.39 is 11.2 Å². The SMILES string of the molecule is Cn1c(N[C@H]2CC(C)(C)CCc3ccccc32)c(C#N)c(=O)n(C)c1=O. The lowest BCUT2D eigenvalue weighted by Crippen LogP contribution is -2.40. The van der Waals surface area contributed by atoms with Gasteiger partial charge in [-0.2, -0.15) is 5.26 Å². The van der Waals surface area contributed by atoms with Crippen molar-refractivity contribution in [2.75, 3.05) is 5.32 Å². The van der Waals surface area contributed by atoms with Crippen molar-refractivity contribution in [3.05, 3.63) is 61.8 Å². The number of anilines is 1. The molecule has 0 saturated carbocycles. The van der Waals surface area contributed by atoms with Crippen molar-refractivity contribution < 1.29 is 0 Å². The number of hydrogen-bond donors (Lipinski definition) is 1. The number of aryl methyl sites for hydroxylation is 1. The predicted octanol–water partition coefficient (Wildman–Crippen LogP) is 2.47. The Morgan fingerprint density at radius 3 is 2.58 bits per heavy atom. The molecule has 1 heterocycles. The molecule has 1 N–H and O–H groups in total. The van der Waals surface area contributed by atoms with E-state index in [1.807, 2.05) is 18.2 Å². The highest BCUT2D eigenvalue weighted by Gasteiger charge is 2.30. The van der Waals surface area contributed by atoms with Crippen molar-refractivity contribution in [3.63, 3.8) is 0 Å². The van der Waals surface area contributed by atoms with E-state index >= 15 is 0 Å². The Bertz CT molecular complexity index is 1010. The summed E-state index contributed by atoms with van der Waals surface area (Å²) in [5, 5.41) is 12.9. The summed E-state index contributed by atoms with van der Waals surface area (Å²) < 4.78 is 2.31. The van der Waals surface area contributed by atoms with Gasteiger partial charge in [0.2, 0.25) is 0 Å². The fraction of sp³-hybridized carbons (Fsp3) is 0.450. The van der Waals surface area contributed by atoms with Crippen molar-refractivity contribution in [1.82, 2.24) is 9.13 Å². The minimum Gasteiger partial charge on any atom is -0.363 e. The van der Waals surface area contributed by atoms with E-state index in [2.05, 4.69) is 31.3 Å². The van der Waals surface area contributed by atoms with Crippen molar-refractivity contribution in [3.8, 4) is 6.07 Å². The van der Waals surface area contributed by atoms with Crippen LogP contribution in [0, 0.1) is 16.7 Å². The van der Waals surface area contributed by atoms with Gasteiger partial charge in [0.25, 0.3) is 5.56 Å². The maximum absolute atomic E-state index is 12.4. The Morgan fingerprint density at radius 1 is 1.19 bits per heavy atom. The maximum Gasteiger partial charge on any atom is 0.332 e. The van der Waals surface area contributed by atoms with Gasteiger partial charge in [-0.25, -0.2) is 4.79 Å². The van der Waals surface area contributed by atoms with Gasteiger partial charge in [-0.1, -0.05) is 38.1 Å². The van der Waals surface area contributed by atoms with Crippen LogP contribution >= 0.6 is 0 Å². The Balaban J connectivity index is 2.15. The third-order valence-electron chi connectivity index (χ3n) is 5.35. The highest BCUT2D eigenvalue weighted by molar-refractivity contribution is 5.53. The predicted molar refractivity (Wildman–Crippen MR) is 101 cm³/mol. The summed E-state index contributed by atoms with van der Waals surface area (Å²) in [5.41, 5.74) is 1.48. The van der Waals surface area contributed by atoms with Crippen LogP contribution < -0.4 is 16.6 Å². The van der Waals surface area contributed by atoms with Gasteiger partial charge in [-0.05, 0) is 35.8 Å². The zero-order chi connectivity index (χ0) is 19.1. The number of rotatable bonds is 2. The van der Waals surface area contributed by atoms with Gasteiger partial charge in [0.05, 0.1) is 6.04 Å². The highest BCUT2D eigenvalue weighted by atomic mass is 16.2. The van der Waals surface area contributed by atoms with Gasteiger partial charge in [0.15, 0.2) is 5.56 Å². The molecule has 1 atom stereocenters. The number of hydrogen-bond acceptors (Lipinski definition) is 4. The first-order chi connectivity index (χ1) is 12.2. The minimum absolute atomic E-state index is 0.0332. The molecule has 0 fully saturated rings. The fourth-order valence-electron chi connectivity index (χ4n) is 3.75. The van der Waals surface area contributed by atoms with Crippen molar-refractivity contribution in [2.45, 2.75) is 39.2 Å². The lowest BCUT2D eigenvalue weighted by molar-refractivity contribution is 0.300. The summed E-state index contributed by atoms with van der Waals surface area (Å²) >= 11 is 0. The second-order valence-electron chi connectivity index (χ2n) is 7.81. The molecule has 0 bridgehead atoms. The van der Waals surface area contributed by atoms with Crippen LogP contribution in [0.1, 0.15) is 49.4 Å². The quantitative estimate of drug-likeness (QED) is 0.842. The second kappa shape index (κ2) is 6.49. The molecule has 136 valence electrons. The van der Waals surface area contributed by atoms with Gasteiger partial charge in [0.1, 0.15) is 11.9 Å². The molecule has 1 aromatic heterocycles. The molecule has 0 aliphatic heterocycles. The average Bonchev–Trinajstić information content (AvgIpc) is 2.74. The molecule has 0 radical (unpaired) electrons. The van der Waals surface area contributed by atoms with Crippen LogP contribution in [-0.2, 0) is 20.5 Å². The molecular formula is C20H24N4O2. The number of benzene rings is 1. The van der Waals surface area contributed by atoms with E-state index in [0.717, 1.165) is 29.4 Å². The maximum atomic E-state index is 12.4. The monoisotopic (exact) mass is 352 g/mol. The van der Waals surface area contributed by atoms with Crippen LogP contribution in [0.25, 0.3) is 0 Å². The molecule has 0 spiro atoms. The standard InChI is InChI=1S/C20H24N4O2/c1-20(2)10-9-13-7-5-6-8-14(13)16(11-20)22-17-15(12-21)18(25)24(4)19(26)23(17)3/h5-8,16,22H,9-11H2,1-4H3/t16-/m0/s1. The van der Waals surface area contributed by atoms with Gasteiger partial charge >= 0.3 is 5.69 Å². The summed E-state index contributed by atoms with van der Waals surface area (Å²) in [5.74, 6) is 0.290. The topological polar surface area (TPSA) is 79.8 Å². The molecule has 0 unspecified atom stereocenters. The van der Waals surface area contributed by atoms with Crippen LogP contribution in [0.2, 0.25) is 0 Å². The first-order valence-electron chi connectivity index (χ1n) is 8.79. The summed E-state index contributed by atoms with van der Waals surface area (Å²) in [6.07, 6.45) is 2.89. The molecule has 6 heteroatoms. The summed E-state index contributed by atoms with van der Waals surface area (Å²) in [4.78, 5) is 24.7. The van der Waals surface area contributed by atoms with E-state index in [1.165, 1.54) is 17.2 Å². The van der Waals surface area contributed by atoms with Crippen molar-refractivity contribution in [1.29, 1.82) is 5.26 Å². The summed E-state index contributed by atoms with van der Waals surface area (Å²) in [6.45, 7) is 4.45. The van der Waals surface area contributed by atoms with Crippen LogP contribution in [0.3, 0.4) is 0 Å². The van der Waals surface area contributed by atoms with Crippen LogP contribution in [-0.4, -0.2) is 9.13 Å².